The number of aliphatic hydroxyl groups excluding tert-OH is 1. The van der Waals surface area contributed by atoms with E-state index < -0.39 is 0 Å². The number of nitrogens with one attached hydrogen (secondary N) is 1. The molecule has 0 aromatic heterocycles. The Bertz CT molecular complexity index is 433. The van der Waals surface area contributed by atoms with Crippen LogP contribution in [0.1, 0.15) is 50.0 Å². The van der Waals surface area contributed by atoms with Crippen LogP contribution in [0, 0.1) is 11.7 Å². The molecule has 3 rings (SSSR count). The largest absolute Gasteiger partial charge is 0.393 e. The summed E-state index contributed by atoms with van der Waals surface area (Å²) in [6.07, 6.45) is 6.72. The van der Waals surface area contributed by atoms with Gasteiger partial charge in [-0.1, -0.05) is 25.0 Å². The van der Waals surface area contributed by atoms with Gasteiger partial charge in [0.2, 0.25) is 0 Å². The van der Waals surface area contributed by atoms with E-state index in [1.165, 1.54) is 24.8 Å². The summed E-state index contributed by atoms with van der Waals surface area (Å²) < 4.78 is 13.0. The van der Waals surface area contributed by atoms with Crippen molar-refractivity contribution >= 4 is 0 Å². The minimum absolute atomic E-state index is 0.117. The first kappa shape index (κ1) is 14.0. The molecule has 2 fully saturated rings. The lowest BCUT2D eigenvalue weighted by Gasteiger charge is -2.24. The van der Waals surface area contributed by atoms with Crippen LogP contribution >= 0.6 is 0 Å². The molecule has 0 spiro atoms. The van der Waals surface area contributed by atoms with E-state index >= 15 is 0 Å². The van der Waals surface area contributed by atoms with Gasteiger partial charge in [0.05, 0.1) is 6.10 Å². The maximum absolute atomic E-state index is 13.0. The quantitative estimate of drug-likeness (QED) is 0.885. The molecule has 1 aromatic rings. The molecule has 2 aliphatic rings. The Balaban J connectivity index is 1.59. The molecule has 110 valence electrons. The second-order valence-corrected chi connectivity index (χ2v) is 6.36. The Morgan fingerprint density at radius 1 is 1.05 bits per heavy atom. The summed E-state index contributed by atoms with van der Waals surface area (Å²) in [5.41, 5.74) is 1.24. The van der Waals surface area contributed by atoms with Crippen LogP contribution in [0.25, 0.3) is 0 Å². The summed E-state index contributed by atoms with van der Waals surface area (Å²) in [4.78, 5) is 0. The van der Waals surface area contributed by atoms with E-state index in [1.807, 2.05) is 12.1 Å². The van der Waals surface area contributed by atoms with Crippen molar-refractivity contribution in [3.8, 4) is 0 Å². The highest BCUT2D eigenvalue weighted by Gasteiger charge is 2.31. The molecule has 0 saturated heterocycles. The van der Waals surface area contributed by atoms with E-state index in [0.29, 0.717) is 17.9 Å². The summed E-state index contributed by atoms with van der Waals surface area (Å²) in [5, 5.41) is 13.6. The molecule has 2 saturated carbocycles. The summed E-state index contributed by atoms with van der Waals surface area (Å²) >= 11 is 0. The third-order valence-corrected chi connectivity index (χ3v) is 5.08. The molecule has 2 nitrogen and oxygen atoms in total. The molecule has 0 bridgehead atoms. The van der Waals surface area contributed by atoms with Gasteiger partial charge in [0.1, 0.15) is 5.82 Å². The molecule has 0 heterocycles. The molecule has 2 N–H and O–H groups in total. The van der Waals surface area contributed by atoms with Crippen molar-refractivity contribution < 1.29 is 9.50 Å². The molecule has 0 amide bonds. The predicted molar refractivity (Wildman–Crippen MR) is 78.1 cm³/mol. The van der Waals surface area contributed by atoms with Gasteiger partial charge in [-0.15, -0.1) is 0 Å². The standard InChI is InChI=1S/C17H24FNO/c18-14-9-7-12(8-10-14)15-4-2-5-16(15)19-11-13-3-1-6-17(13)20/h7-10,13,15-17,19-20H,1-6,11H2. The lowest BCUT2D eigenvalue weighted by Crippen LogP contribution is -2.37. The SMILES string of the molecule is OC1CCCC1CNC1CCCC1c1ccc(F)cc1. The number of aliphatic hydroxyl groups is 1. The van der Waals surface area contributed by atoms with Crippen LogP contribution in [0.2, 0.25) is 0 Å². The number of rotatable bonds is 4. The molecule has 4 unspecified atom stereocenters. The summed E-state index contributed by atoms with van der Waals surface area (Å²) in [6.45, 7) is 0.920. The van der Waals surface area contributed by atoms with Crippen molar-refractivity contribution in [2.75, 3.05) is 6.54 Å². The van der Waals surface area contributed by atoms with Crippen LogP contribution in [-0.2, 0) is 0 Å². The first-order valence-corrected chi connectivity index (χ1v) is 7.91. The summed E-state index contributed by atoms with van der Waals surface area (Å²) in [5.74, 6) is 0.754. The highest BCUT2D eigenvalue weighted by Crippen LogP contribution is 2.35. The molecule has 20 heavy (non-hydrogen) atoms. The fourth-order valence-electron chi connectivity index (χ4n) is 3.87. The smallest absolute Gasteiger partial charge is 0.123 e. The van der Waals surface area contributed by atoms with E-state index in [-0.39, 0.29) is 11.9 Å². The van der Waals surface area contributed by atoms with E-state index in [0.717, 1.165) is 25.8 Å². The van der Waals surface area contributed by atoms with Crippen LogP contribution in [0.4, 0.5) is 4.39 Å². The van der Waals surface area contributed by atoms with Gasteiger partial charge in [0.25, 0.3) is 0 Å². The van der Waals surface area contributed by atoms with Crippen molar-refractivity contribution in [3.63, 3.8) is 0 Å². The molecular formula is C17H24FNO. The third-order valence-electron chi connectivity index (χ3n) is 5.08. The molecule has 4 atom stereocenters. The second-order valence-electron chi connectivity index (χ2n) is 6.36. The van der Waals surface area contributed by atoms with E-state index in [9.17, 15) is 9.50 Å². The minimum Gasteiger partial charge on any atom is -0.393 e. The maximum Gasteiger partial charge on any atom is 0.123 e. The van der Waals surface area contributed by atoms with E-state index in [2.05, 4.69) is 5.32 Å². The first-order valence-electron chi connectivity index (χ1n) is 7.91. The van der Waals surface area contributed by atoms with E-state index in [1.54, 1.807) is 12.1 Å². The number of hydrogen-bond acceptors (Lipinski definition) is 2. The van der Waals surface area contributed by atoms with Gasteiger partial charge in [-0.2, -0.15) is 0 Å². The highest BCUT2D eigenvalue weighted by atomic mass is 19.1. The lowest BCUT2D eigenvalue weighted by atomic mass is 9.93. The fourth-order valence-corrected chi connectivity index (χ4v) is 3.87. The average Bonchev–Trinajstić information content (AvgIpc) is 3.06. The van der Waals surface area contributed by atoms with Gasteiger partial charge in [-0.3, -0.25) is 0 Å². The zero-order valence-electron chi connectivity index (χ0n) is 11.9. The van der Waals surface area contributed by atoms with Crippen LogP contribution in [-0.4, -0.2) is 23.8 Å². The zero-order valence-corrected chi connectivity index (χ0v) is 11.9. The summed E-state index contributed by atoms with van der Waals surface area (Å²) in [6, 6.07) is 7.44. The highest BCUT2D eigenvalue weighted by molar-refractivity contribution is 5.23. The van der Waals surface area contributed by atoms with Gasteiger partial charge in [-0.25, -0.2) is 4.39 Å². The maximum atomic E-state index is 13.0. The Morgan fingerprint density at radius 2 is 1.80 bits per heavy atom. The normalized spacial score (nSPS) is 33.7. The first-order chi connectivity index (χ1) is 9.74. The number of hydrogen-bond donors (Lipinski definition) is 2. The van der Waals surface area contributed by atoms with Crippen LogP contribution < -0.4 is 5.32 Å². The average molecular weight is 277 g/mol. The van der Waals surface area contributed by atoms with Gasteiger partial charge >= 0.3 is 0 Å². The number of benzene rings is 1. The molecule has 3 heteroatoms. The van der Waals surface area contributed by atoms with Crippen molar-refractivity contribution in [2.24, 2.45) is 5.92 Å². The van der Waals surface area contributed by atoms with Gasteiger partial charge in [0, 0.05) is 12.6 Å². The topological polar surface area (TPSA) is 32.3 Å². The molecule has 0 aliphatic heterocycles. The lowest BCUT2D eigenvalue weighted by molar-refractivity contribution is 0.129. The van der Waals surface area contributed by atoms with Crippen LogP contribution in [0.15, 0.2) is 24.3 Å². The Hall–Kier alpha value is -0.930. The summed E-state index contributed by atoms with van der Waals surface area (Å²) in [7, 11) is 0. The molecule has 1 aromatic carbocycles. The molecular weight excluding hydrogens is 253 g/mol. The van der Waals surface area contributed by atoms with Gasteiger partial charge in [0.15, 0.2) is 0 Å². The fraction of sp³-hybridized carbons (Fsp3) is 0.647. The monoisotopic (exact) mass is 277 g/mol. The molecule has 2 aliphatic carbocycles. The van der Waals surface area contributed by atoms with Crippen LogP contribution in [0.5, 0.6) is 0 Å². The Labute approximate surface area is 120 Å². The van der Waals surface area contributed by atoms with Crippen molar-refractivity contribution in [2.45, 2.75) is 56.6 Å². The second kappa shape index (κ2) is 6.23. The minimum atomic E-state index is -0.162. The van der Waals surface area contributed by atoms with Crippen molar-refractivity contribution in [3.05, 3.63) is 35.6 Å². The van der Waals surface area contributed by atoms with Gasteiger partial charge in [-0.05, 0) is 55.2 Å². The number of halogens is 1. The molecule has 0 radical (unpaired) electrons. The zero-order chi connectivity index (χ0) is 13.9. The van der Waals surface area contributed by atoms with E-state index in [4.69, 9.17) is 0 Å². The van der Waals surface area contributed by atoms with Crippen molar-refractivity contribution in [1.29, 1.82) is 0 Å². The van der Waals surface area contributed by atoms with Crippen LogP contribution in [0.3, 0.4) is 0 Å². The Morgan fingerprint density at radius 3 is 2.50 bits per heavy atom. The third kappa shape index (κ3) is 3.04. The van der Waals surface area contributed by atoms with Gasteiger partial charge < -0.3 is 10.4 Å². The predicted octanol–water partition coefficient (Wildman–Crippen LogP) is 3.21. The van der Waals surface area contributed by atoms with Crippen molar-refractivity contribution in [1.82, 2.24) is 5.32 Å². The Kier molecular flexibility index (Phi) is 4.37.